The molecule has 1 aromatic heterocycles. The van der Waals surface area contributed by atoms with Crippen LogP contribution in [0.25, 0.3) is 0 Å². The fraction of sp³-hybridized carbons (Fsp3) is 0.500. The van der Waals surface area contributed by atoms with Crippen molar-refractivity contribution in [1.29, 1.82) is 0 Å². The summed E-state index contributed by atoms with van der Waals surface area (Å²) in [6, 6.07) is 0.483. The second-order valence-electron chi connectivity index (χ2n) is 3.80. The Morgan fingerprint density at radius 3 is 2.61 bits per heavy atom. The number of aromatic nitrogens is 1. The summed E-state index contributed by atoms with van der Waals surface area (Å²) in [4.78, 5) is 13.0. The van der Waals surface area contributed by atoms with Crippen LogP contribution in [-0.2, 0) is 6.18 Å². The van der Waals surface area contributed by atoms with Gasteiger partial charge in [0.2, 0.25) is 0 Å². The van der Waals surface area contributed by atoms with Crippen molar-refractivity contribution in [2.45, 2.75) is 32.5 Å². The van der Waals surface area contributed by atoms with Crippen LogP contribution in [0, 0.1) is 10.1 Å². The van der Waals surface area contributed by atoms with E-state index in [1.165, 1.54) is 0 Å². The lowest BCUT2D eigenvalue weighted by Gasteiger charge is -2.14. The molecule has 0 aliphatic heterocycles. The molecule has 0 radical (unpaired) electrons. The molecule has 0 bridgehead atoms. The number of nitro groups is 1. The number of nitrogens with zero attached hydrogens (tertiary/aromatic N) is 2. The third-order valence-corrected chi connectivity index (χ3v) is 2.38. The Balaban J connectivity index is 3.20. The molecule has 1 N–H and O–H groups in total. The lowest BCUT2D eigenvalue weighted by atomic mass is 10.2. The summed E-state index contributed by atoms with van der Waals surface area (Å²) < 4.78 is 37.4. The van der Waals surface area contributed by atoms with Crippen molar-refractivity contribution < 1.29 is 18.1 Å². The maximum absolute atomic E-state index is 12.5. The zero-order valence-corrected chi connectivity index (χ0v) is 9.78. The lowest BCUT2D eigenvalue weighted by molar-refractivity contribution is -0.384. The molecule has 0 spiro atoms. The third kappa shape index (κ3) is 3.31. The predicted octanol–water partition coefficient (Wildman–Crippen LogP) is 3.22. The van der Waals surface area contributed by atoms with Crippen molar-refractivity contribution in [2.24, 2.45) is 0 Å². The Morgan fingerprint density at radius 2 is 2.17 bits per heavy atom. The number of rotatable bonds is 4. The topological polar surface area (TPSA) is 68.1 Å². The van der Waals surface area contributed by atoms with Gasteiger partial charge in [0, 0.05) is 6.04 Å². The van der Waals surface area contributed by atoms with E-state index in [1.807, 2.05) is 6.92 Å². The fourth-order valence-corrected chi connectivity index (χ4v) is 1.23. The number of anilines is 1. The first kappa shape index (κ1) is 14.2. The molecule has 1 unspecified atom stereocenters. The summed E-state index contributed by atoms with van der Waals surface area (Å²) in [5.74, 6) is 0. The van der Waals surface area contributed by atoms with E-state index in [2.05, 4.69) is 10.3 Å². The van der Waals surface area contributed by atoms with Crippen molar-refractivity contribution in [3.05, 3.63) is 28.1 Å². The molecule has 0 saturated heterocycles. The number of pyridine rings is 1. The Morgan fingerprint density at radius 1 is 1.56 bits per heavy atom. The van der Waals surface area contributed by atoms with E-state index in [0.717, 1.165) is 0 Å². The molecule has 1 heterocycles. The van der Waals surface area contributed by atoms with Gasteiger partial charge in [0.15, 0.2) is 0 Å². The van der Waals surface area contributed by atoms with E-state index < -0.39 is 22.5 Å². The van der Waals surface area contributed by atoms with Crippen molar-refractivity contribution >= 4 is 11.4 Å². The van der Waals surface area contributed by atoms with Crippen molar-refractivity contribution in [3.63, 3.8) is 0 Å². The van der Waals surface area contributed by atoms with Crippen LogP contribution in [0.2, 0.25) is 0 Å². The Kier molecular flexibility index (Phi) is 4.10. The van der Waals surface area contributed by atoms with E-state index in [9.17, 15) is 23.3 Å². The zero-order chi connectivity index (χ0) is 13.9. The number of alkyl halides is 3. The molecule has 8 heteroatoms. The van der Waals surface area contributed by atoms with E-state index in [1.54, 1.807) is 6.92 Å². The molecule has 0 fully saturated rings. The quantitative estimate of drug-likeness (QED) is 0.669. The largest absolute Gasteiger partial charge is 0.433 e. The van der Waals surface area contributed by atoms with Crippen LogP contribution >= 0.6 is 0 Å². The van der Waals surface area contributed by atoms with Crippen LogP contribution in [0.15, 0.2) is 12.3 Å². The summed E-state index contributed by atoms with van der Waals surface area (Å²) >= 11 is 0. The first-order valence-corrected chi connectivity index (χ1v) is 5.23. The van der Waals surface area contributed by atoms with Gasteiger partial charge in [-0.05, 0) is 19.4 Å². The fourth-order valence-electron chi connectivity index (χ4n) is 1.23. The van der Waals surface area contributed by atoms with Gasteiger partial charge in [-0.1, -0.05) is 6.92 Å². The molecule has 0 saturated carbocycles. The molecule has 0 aliphatic rings. The summed E-state index contributed by atoms with van der Waals surface area (Å²) in [7, 11) is 0. The van der Waals surface area contributed by atoms with Crippen LogP contribution in [0.3, 0.4) is 0 Å². The van der Waals surface area contributed by atoms with Crippen LogP contribution < -0.4 is 5.32 Å². The maximum atomic E-state index is 12.5. The summed E-state index contributed by atoms with van der Waals surface area (Å²) in [5, 5.41) is 13.4. The molecule has 100 valence electrons. The molecule has 18 heavy (non-hydrogen) atoms. The Bertz CT molecular complexity index is 448. The number of nitrogens with one attached hydrogen (secondary N) is 1. The van der Waals surface area contributed by atoms with Crippen molar-refractivity contribution in [2.75, 3.05) is 5.32 Å². The van der Waals surface area contributed by atoms with Gasteiger partial charge in [0.25, 0.3) is 0 Å². The summed E-state index contributed by atoms with van der Waals surface area (Å²) in [6.45, 7) is 3.53. The van der Waals surface area contributed by atoms with E-state index in [4.69, 9.17) is 0 Å². The normalized spacial score (nSPS) is 13.2. The first-order chi connectivity index (χ1) is 8.25. The highest BCUT2D eigenvalue weighted by Crippen LogP contribution is 2.33. The van der Waals surface area contributed by atoms with Gasteiger partial charge >= 0.3 is 11.9 Å². The summed E-state index contributed by atoms with van der Waals surface area (Å²) in [6.07, 6.45) is -3.38. The molecule has 0 aliphatic carbocycles. The third-order valence-electron chi connectivity index (χ3n) is 2.38. The minimum Gasteiger partial charge on any atom is -0.377 e. The monoisotopic (exact) mass is 263 g/mol. The Labute approximate surface area is 101 Å². The standard InChI is InChI=1S/C10H12F3N3O2/c1-3-6(2)15-7-4-9(10(11,12)13)14-5-8(7)16(17)18/h4-6H,3H2,1-2H3,(H,14,15). The van der Waals surface area contributed by atoms with Crippen LogP contribution in [-0.4, -0.2) is 15.9 Å². The zero-order valence-electron chi connectivity index (χ0n) is 9.78. The number of halogens is 3. The second-order valence-corrected chi connectivity index (χ2v) is 3.80. The van der Waals surface area contributed by atoms with E-state index >= 15 is 0 Å². The summed E-state index contributed by atoms with van der Waals surface area (Å²) in [5.41, 5.74) is -1.79. The molecule has 0 amide bonds. The number of hydrogen-bond donors (Lipinski definition) is 1. The van der Waals surface area contributed by atoms with Gasteiger partial charge in [-0.25, -0.2) is 4.98 Å². The smallest absolute Gasteiger partial charge is 0.377 e. The highest BCUT2D eigenvalue weighted by atomic mass is 19.4. The molecule has 0 aromatic carbocycles. The van der Waals surface area contributed by atoms with Gasteiger partial charge in [-0.2, -0.15) is 13.2 Å². The van der Waals surface area contributed by atoms with Crippen LogP contribution in [0.5, 0.6) is 0 Å². The minimum absolute atomic E-state index is 0.170. The highest BCUT2D eigenvalue weighted by Gasteiger charge is 2.34. The molecule has 1 rings (SSSR count). The van der Waals surface area contributed by atoms with Crippen LogP contribution in [0.4, 0.5) is 24.5 Å². The van der Waals surface area contributed by atoms with Gasteiger partial charge in [-0.3, -0.25) is 10.1 Å². The second kappa shape index (κ2) is 5.19. The maximum Gasteiger partial charge on any atom is 0.433 e. The number of hydrogen-bond acceptors (Lipinski definition) is 4. The lowest BCUT2D eigenvalue weighted by Crippen LogP contribution is -2.16. The van der Waals surface area contributed by atoms with Crippen molar-refractivity contribution in [1.82, 2.24) is 4.98 Å². The predicted molar refractivity (Wildman–Crippen MR) is 59.3 cm³/mol. The average molecular weight is 263 g/mol. The van der Waals surface area contributed by atoms with Gasteiger partial charge < -0.3 is 5.32 Å². The highest BCUT2D eigenvalue weighted by molar-refractivity contribution is 5.61. The van der Waals surface area contributed by atoms with E-state index in [-0.39, 0.29) is 11.7 Å². The van der Waals surface area contributed by atoms with Gasteiger partial charge in [0.05, 0.1) is 4.92 Å². The molecular weight excluding hydrogens is 251 g/mol. The van der Waals surface area contributed by atoms with Crippen LogP contribution in [0.1, 0.15) is 26.0 Å². The minimum atomic E-state index is -4.62. The molecule has 1 aromatic rings. The molecule has 1 atom stereocenters. The Hall–Kier alpha value is -1.86. The molecular formula is C10H12F3N3O2. The SMILES string of the molecule is CCC(C)Nc1cc(C(F)(F)F)ncc1[N+](=O)[O-]. The average Bonchev–Trinajstić information content (AvgIpc) is 2.27. The van der Waals surface area contributed by atoms with Gasteiger partial charge in [-0.15, -0.1) is 0 Å². The van der Waals surface area contributed by atoms with E-state index in [0.29, 0.717) is 18.7 Å². The van der Waals surface area contributed by atoms with Gasteiger partial charge in [0.1, 0.15) is 17.6 Å². The molecule has 5 nitrogen and oxygen atoms in total. The van der Waals surface area contributed by atoms with Crippen molar-refractivity contribution in [3.8, 4) is 0 Å². The first-order valence-electron chi connectivity index (χ1n) is 5.23.